The van der Waals surface area contributed by atoms with Gasteiger partial charge in [0.2, 0.25) is 11.8 Å². The maximum absolute atomic E-state index is 13.9. The number of sulfonamides is 1. The first kappa shape index (κ1) is 30.3. The largest absolute Gasteiger partial charge is 0.497 e. The highest BCUT2D eigenvalue weighted by atomic mass is 35.5. The maximum atomic E-state index is 13.9. The summed E-state index contributed by atoms with van der Waals surface area (Å²) >= 11 is 12.8. The lowest BCUT2D eigenvalue weighted by Crippen LogP contribution is -2.51. The van der Waals surface area contributed by atoms with Crippen molar-refractivity contribution in [1.29, 1.82) is 0 Å². The lowest BCUT2D eigenvalue weighted by Gasteiger charge is -2.32. The van der Waals surface area contributed by atoms with Gasteiger partial charge in [0.25, 0.3) is 10.0 Å². The van der Waals surface area contributed by atoms with E-state index in [9.17, 15) is 18.0 Å². The topological polar surface area (TPSA) is 96.0 Å². The van der Waals surface area contributed by atoms with Gasteiger partial charge in [-0.3, -0.25) is 13.9 Å². The van der Waals surface area contributed by atoms with Gasteiger partial charge < -0.3 is 15.0 Å². The number of rotatable bonds is 11. The number of anilines is 1. The minimum atomic E-state index is -4.19. The van der Waals surface area contributed by atoms with Crippen molar-refractivity contribution < 1.29 is 22.7 Å². The van der Waals surface area contributed by atoms with Crippen molar-refractivity contribution >= 4 is 50.7 Å². The van der Waals surface area contributed by atoms with Gasteiger partial charge in [-0.25, -0.2) is 8.42 Å². The molecule has 0 bridgehead atoms. The Kier molecular flexibility index (Phi) is 10.2. The van der Waals surface area contributed by atoms with Crippen LogP contribution in [0.4, 0.5) is 5.69 Å². The van der Waals surface area contributed by atoms with E-state index in [2.05, 4.69) is 5.32 Å². The van der Waals surface area contributed by atoms with Crippen LogP contribution >= 0.6 is 23.2 Å². The second-order valence-electron chi connectivity index (χ2n) is 8.82. The molecular weight excluding hydrogens is 561 g/mol. The van der Waals surface area contributed by atoms with Gasteiger partial charge in [-0.1, -0.05) is 47.0 Å². The fraction of sp³-hybridized carbons (Fsp3) is 0.286. The SMILES string of the molecule is CCNC(=O)[C@H](C)N(Cc1c(Cl)cccc1Cl)C(=O)CN(c1ccc(C)cc1)S(=O)(=O)c1ccc(OC)cc1. The standard InChI is InChI=1S/C28H31Cl2N3O5S/c1-5-31-28(35)20(3)32(17-24-25(29)7-6-8-26(24)30)27(34)18-33(21-11-9-19(2)10-12-21)39(36,37)23-15-13-22(38-4)14-16-23/h6-16,20H,5,17-18H2,1-4H3,(H,31,35)/t20-/m0/s1. The average molecular weight is 593 g/mol. The molecule has 3 aromatic carbocycles. The highest BCUT2D eigenvalue weighted by Crippen LogP contribution is 2.29. The Morgan fingerprint density at radius 2 is 1.56 bits per heavy atom. The Morgan fingerprint density at radius 3 is 2.10 bits per heavy atom. The normalized spacial score (nSPS) is 11.9. The summed E-state index contributed by atoms with van der Waals surface area (Å²) in [5.74, 6) is -0.512. The zero-order chi connectivity index (χ0) is 28.7. The molecule has 1 N–H and O–H groups in total. The van der Waals surface area contributed by atoms with E-state index >= 15 is 0 Å². The molecule has 0 aliphatic rings. The number of nitrogens with one attached hydrogen (secondary N) is 1. The molecule has 0 aromatic heterocycles. The van der Waals surface area contributed by atoms with Gasteiger partial charge in [-0.15, -0.1) is 0 Å². The predicted molar refractivity (Wildman–Crippen MR) is 154 cm³/mol. The van der Waals surface area contributed by atoms with Crippen molar-refractivity contribution in [3.05, 3.63) is 87.9 Å². The number of amides is 2. The van der Waals surface area contributed by atoms with Crippen LogP contribution in [-0.4, -0.2) is 51.4 Å². The molecular formula is C28H31Cl2N3O5S. The molecule has 1 atom stereocenters. The molecule has 39 heavy (non-hydrogen) atoms. The molecule has 11 heteroatoms. The van der Waals surface area contributed by atoms with Crippen LogP contribution in [-0.2, 0) is 26.2 Å². The molecule has 3 rings (SSSR count). The lowest BCUT2D eigenvalue weighted by molar-refractivity contribution is -0.139. The third kappa shape index (κ3) is 7.23. The molecule has 3 aromatic rings. The van der Waals surface area contributed by atoms with Gasteiger partial charge in [0.05, 0.1) is 17.7 Å². The Bertz CT molecular complexity index is 1390. The van der Waals surface area contributed by atoms with E-state index in [-0.39, 0.29) is 11.4 Å². The second-order valence-corrected chi connectivity index (χ2v) is 11.5. The number of carbonyl (C=O) groups excluding carboxylic acids is 2. The predicted octanol–water partition coefficient (Wildman–Crippen LogP) is 5.06. The van der Waals surface area contributed by atoms with Crippen molar-refractivity contribution in [2.75, 3.05) is 24.5 Å². The average Bonchev–Trinajstić information content (AvgIpc) is 2.92. The molecule has 208 valence electrons. The lowest BCUT2D eigenvalue weighted by atomic mass is 10.1. The number of hydrogen-bond donors (Lipinski definition) is 1. The Balaban J connectivity index is 2.06. The molecule has 0 saturated carbocycles. The maximum Gasteiger partial charge on any atom is 0.264 e. The molecule has 0 unspecified atom stereocenters. The van der Waals surface area contributed by atoms with Crippen LogP contribution in [0.3, 0.4) is 0 Å². The smallest absolute Gasteiger partial charge is 0.264 e. The monoisotopic (exact) mass is 591 g/mol. The molecule has 0 aliphatic heterocycles. The summed E-state index contributed by atoms with van der Waals surface area (Å²) in [4.78, 5) is 28.0. The molecule has 0 fully saturated rings. The van der Waals surface area contributed by atoms with E-state index < -0.39 is 34.4 Å². The Hall–Kier alpha value is -3.27. The molecule has 2 amide bonds. The fourth-order valence-electron chi connectivity index (χ4n) is 3.87. The van der Waals surface area contributed by atoms with Crippen molar-refractivity contribution in [3.63, 3.8) is 0 Å². The van der Waals surface area contributed by atoms with Gasteiger partial charge in [0.15, 0.2) is 0 Å². The summed E-state index contributed by atoms with van der Waals surface area (Å²) in [6.45, 7) is 4.91. The number of hydrogen-bond acceptors (Lipinski definition) is 5. The van der Waals surface area contributed by atoms with Crippen molar-refractivity contribution in [1.82, 2.24) is 10.2 Å². The number of likely N-dealkylation sites (N-methyl/N-ethyl adjacent to an activating group) is 1. The van der Waals surface area contributed by atoms with Crippen LogP contribution < -0.4 is 14.4 Å². The van der Waals surface area contributed by atoms with E-state index in [1.54, 1.807) is 56.3 Å². The van der Waals surface area contributed by atoms with Crippen molar-refractivity contribution in [2.24, 2.45) is 0 Å². The van der Waals surface area contributed by atoms with E-state index in [1.165, 1.54) is 36.3 Å². The Labute approximate surface area is 239 Å². The summed E-state index contributed by atoms with van der Waals surface area (Å²) in [6, 6.07) is 16.7. The van der Waals surface area contributed by atoms with E-state index in [1.807, 2.05) is 6.92 Å². The minimum Gasteiger partial charge on any atom is -0.497 e. The fourth-order valence-corrected chi connectivity index (χ4v) is 5.80. The van der Waals surface area contributed by atoms with E-state index in [0.29, 0.717) is 33.6 Å². The molecule has 0 saturated heterocycles. The first-order valence-corrected chi connectivity index (χ1v) is 14.4. The molecule has 0 spiro atoms. The van der Waals surface area contributed by atoms with E-state index in [0.717, 1.165) is 9.87 Å². The van der Waals surface area contributed by atoms with Crippen LogP contribution in [0.25, 0.3) is 0 Å². The molecule has 0 radical (unpaired) electrons. The number of halogens is 2. The van der Waals surface area contributed by atoms with Gasteiger partial charge in [-0.2, -0.15) is 0 Å². The van der Waals surface area contributed by atoms with Gasteiger partial charge in [-0.05, 0) is 69.3 Å². The van der Waals surface area contributed by atoms with Crippen LogP contribution in [0.15, 0.2) is 71.6 Å². The zero-order valence-corrected chi connectivity index (χ0v) is 24.5. The molecule has 8 nitrogen and oxygen atoms in total. The highest BCUT2D eigenvalue weighted by Gasteiger charge is 2.33. The summed E-state index contributed by atoms with van der Waals surface area (Å²) < 4.78 is 33.9. The third-order valence-corrected chi connectivity index (χ3v) is 8.65. The van der Waals surface area contributed by atoms with Gasteiger partial charge >= 0.3 is 0 Å². The van der Waals surface area contributed by atoms with Crippen LogP contribution in [0.1, 0.15) is 25.0 Å². The van der Waals surface area contributed by atoms with Crippen LogP contribution in [0.2, 0.25) is 10.0 Å². The first-order valence-electron chi connectivity index (χ1n) is 12.2. The number of carbonyl (C=O) groups is 2. The number of ether oxygens (including phenoxy) is 1. The molecule has 0 heterocycles. The molecule has 0 aliphatic carbocycles. The quantitative estimate of drug-likeness (QED) is 0.336. The number of nitrogens with zero attached hydrogens (tertiary/aromatic N) is 2. The van der Waals surface area contributed by atoms with Crippen LogP contribution in [0, 0.1) is 6.92 Å². The third-order valence-electron chi connectivity index (χ3n) is 6.16. The Morgan fingerprint density at radius 1 is 0.974 bits per heavy atom. The summed E-state index contributed by atoms with van der Waals surface area (Å²) in [7, 11) is -2.71. The number of aryl methyl sites for hydroxylation is 1. The van der Waals surface area contributed by atoms with Crippen molar-refractivity contribution in [2.45, 2.75) is 38.3 Å². The van der Waals surface area contributed by atoms with E-state index in [4.69, 9.17) is 27.9 Å². The van der Waals surface area contributed by atoms with Crippen molar-refractivity contribution in [3.8, 4) is 5.75 Å². The second kappa shape index (κ2) is 13.2. The number of methoxy groups -OCH3 is 1. The zero-order valence-electron chi connectivity index (χ0n) is 22.1. The summed E-state index contributed by atoms with van der Waals surface area (Å²) in [5.41, 5.74) is 1.67. The summed E-state index contributed by atoms with van der Waals surface area (Å²) in [5, 5.41) is 3.36. The highest BCUT2D eigenvalue weighted by molar-refractivity contribution is 7.92. The minimum absolute atomic E-state index is 0.0193. The van der Waals surface area contributed by atoms with Crippen LogP contribution in [0.5, 0.6) is 5.75 Å². The number of benzene rings is 3. The van der Waals surface area contributed by atoms with Gasteiger partial charge in [0.1, 0.15) is 18.3 Å². The van der Waals surface area contributed by atoms with Gasteiger partial charge in [0, 0.05) is 28.7 Å². The summed E-state index contributed by atoms with van der Waals surface area (Å²) in [6.07, 6.45) is 0. The first-order chi connectivity index (χ1) is 18.5.